The summed E-state index contributed by atoms with van der Waals surface area (Å²) in [6.07, 6.45) is 1.69. The normalized spacial score (nSPS) is 11.3. The third-order valence-electron chi connectivity index (χ3n) is 3.77. The first kappa shape index (κ1) is 18.5. The van der Waals surface area contributed by atoms with Crippen LogP contribution in [0, 0.1) is 6.92 Å². The van der Waals surface area contributed by atoms with Gasteiger partial charge in [0.25, 0.3) is 11.8 Å². The fourth-order valence-electron chi connectivity index (χ4n) is 2.36. The number of benzene rings is 1. The minimum Gasteiger partial charge on any atom is -0.321 e. The molecule has 0 aliphatic heterocycles. The van der Waals surface area contributed by atoms with Gasteiger partial charge in [-0.1, -0.05) is 12.1 Å². The van der Waals surface area contributed by atoms with Crippen molar-refractivity contribution in [3.63, 3.8) is 0 Å². The number of hydrogen-bond acceptors (Lipinski definition) is 5. The lowest BCUT2D eigenvalue weighted by Crippen LogP contribution is -2.20. The minimum absolute atomic E-state index is 0.150. The number of aromatic nitrogens is 2. The van der Waals surface area contributed by atoms with E-state index in [0.717, 1.165) is 10.4 Å². The Morgan fingerprint density at radius 2 is 1.96 bits per heavy atom. The van der Waals surface area contributed by atoms with E-state index in [9.17, 15) is 9.59 Å². The quantitative estimate of drug-likeness (QED) is 0.525. The van der Waals surface area contributed by atoms with Crippen LogP contribution in [0.15, 0.2) is 53.8 Å². The molecular formula is C19H19N5O2S. The number of nitrogens with zero attached hydrogens (tertiary/aromatic N) is 3. The largest absolute Gasteiger partial charge is 0.321 e. The van der Waals surface area contributed by atoms with Gasteiger partial charge in [-0.15, -0.1) is 11.3 Å². The molecule has 0 aliphatic rings. The molecule has 138 valence electrons. The molecule has 0 unspecified atom stereocenters. The first-order valence-electron chi connectivity index (χ1n) is 8.25. The molecule has 1 aromatic carbocycles. The van der Waals surface area contributed by atoms with Crippen LogP contribution in [0.25, 0.3) is 0 Å². The summed E-state index contributed by atoms with van der Waals surface area (Å²) in [7, 11) is 1.74. The van der Waals surface area contributed by atoms with Gasteiger partial charge in [-0.2, -0.15) is 10.2 Å². The van der Waals surface area contributed by atoms with E-state index >= 15 is 0 Å². The third kappa shape index (κ3) is 4.68. The van der Waals surface area contributed by atoms with Crippen molar-refractivity contribution in [2.45, 2.75) is 13.8 Å². The Morgan fingerprint density at radius 3 is 2.63 bits per heavy atom. The highest BCUT2D eigenvalue weighted by Crippen LogP contribution is 2.18. The fourth-order valence-corrected chi connectivity index (χ4v) is 3.13. The zero-order valence-corrected chi connectivity index (χ0v) is 16.0. The molecule has 0 radical (unpaired) electrons. The molecule has 0 saturated carbocycles. The van der Waals surface area contributed by atoms with Crippen LogP contribution in [0.3, 0.4) is 0 Å². The minimum atomic E-state index is -0.382. The molecule has 0 aliphatic carbocycles. The van der Waals surface area contributed by atoms with Crippen LogP contribution in [0.4, 0.5) is 5.69 Å². The van der Waals surface area contributed by atoms with Crippen molar-refractivity contribution in [3.8, 4) is 0 Å². The van der Waals surface area contributed by atoms with Crippen LogP contribution < -0.4 is 10.7 Å². The molecular weight excluding hydrogens is 362 g/mol. The molecule has 0 saturated heterocycles. The molecule has 0 atom stereocenters. The van der Waals surface area contributed by atoms with E-state index in [1.54, 1.807) is 37.0 Å². The Labute approximate surface area is 160 Å². The molecule has 3 aromatic rings. The summed E-state index contributed by atoms with van der Waals surface area (Å²) in [5, 5.41) is 11.0. The van der Waals surface area contributed by atoms with Gasteiger partial charge in [0.1, 0.15) is 0 Å². The maximum absolute atomic E-state index is 12.3. The van der Waals surface area contributed by atoms with E-state index in [1.165, 1.54) is 11.3 Å². The van der Waals surface area contributed by atoms with Crippen LogP contribution in [0.1, 0.15) is 37.5 Å². The zero-order valence-electron chi connectivity index (χ0n) is 15.2. The third-order valence-corrected chi connectivity index (χ3v) is 4.77. The van der Waals surface area contributed by atoms with Gasteiger partial charge in [-0.05, 0) is 49.7 Å². The average Bonchev–Trinajstić information content (AvgIpc) is 3.28. The summed E-state index contributed by atoms with van der Waals surface area (Å²) < 4.78 is 1.55. The van der Waals surface area contributed by atoms with Crippen molar-refractivity contribution in [2.75, 3.05) is 5.32 Å². The number of thiophene rings is 1. The number of aryl methyl sites for hydroxylation is 2. The molecule has 2 heterocycles. The summed E-state index contributed by atoms with van der Waals surface area (Å²) in [5.41, 5.74) is 4.84. The fraction of sp³-hybridized carbons (Fsp3) is 0.158. The van der Waals surface area contributed by atoms with Gasteiger partial charge in [0.2, 0.25) is 0 Å². The van der Waals surface area contributed by atoms with Gasteiger partial charge in [0.15, 0.2) is 5.69 Å². The molecule has 0 spiro atoms. The van der Waals surface area contributed by atoms with Crippen LogP contribution in [-0.4, -0.2) is 27.3 Å². The van der Waals surface area contributed by atoms with Gasteiger partial charge in [0, 0.05) is 23.8 Å². The standard InChI is InChI=1S/C19H19N5O2S/c1-12-7-8-17(27-12)19(26)20-15-6-4-5-14(11-15)13(2)21-22-18(25)16-9-10-24(3)23-16/h4-11H,1-3H3,(H,20,26)(H,22,25)/b21-13+. The second-order valence-electron chi connectivity index (χ2n) is 5.96. The lowest BCUT2D eigenvalue weighted by molar-refractivity contribution is 0.0948. The van der Waals surface area contributed by atoms with E-state index in [4.69, 9.17) is 0 Å². The van der Waals surface area contributed by atoms with Crippen molar-refractivity contribution < 1.29 is 9.59 Å². The number of anilines is 1. The SMILES string of the molecule is C/C(=N\NC(=O)c1ccn(C)n1)c1cccc(NC(=O)c2ccc(C)s2)c1. The van der Waals surface area contributed by atoms with Gasteiger partial charge >= 0.3 is 0 Å². The second-order valence-corrected chi connectivity index (χ2v) is 7.25. The number of amides is 2. The first-order chi connectivity index (χ1) is 12.9. The first-order valence-corrected chi connectivity index (χ1v) is 9.06. The van der Waals surface area contributed by atoms with E-state index in [1.807, 2.05) is 37.3 Å². The number of nitrogens with one attached hydrogen (secondary N) is 2. The number of hydrogen-bond donors (Lipinski definition) is 2. The molecule has 2 amide bonds. The Bertz CT molecular complexity index is 1020. The van der Waals surface area contributed by atoms with Crippen LogP contribution in [0.2, 0.25) is 0 Å². The summed E-state index contributed by atoms with van der Waals surface area (Å²) in [6.45, 7) is 3.74. The smallest absolute Gasteiger partial charge is 0.291 e. The van der Waals surface area contributed by atoms with Crippen molar-refractivity contribution in [3.05, 3.63) is 69.7 Å². The number of hydrazone groups is 1. The van der Waals surface area contributed by atoms with E-state index in [0.29, 0.717) is 22.0 Å². The van der Waals surface area contributed by atoms with Crippen molar-refractivity contribution >= 4 is 34.6 Å². The Balaban J connectivity index is 1.68. The lowest BCUT2D eigenvalue weighted by atomic mass is 10.1. The molecule has 2 aromatic heterocycles. The summed E-state index contributed by atoms with van der Waals surface area (Å²) in [6, 6.07) is 12.6. The predicted molar refractivity (Wildman–Crippen MR) is 106 cm³/mol. The van der Waals surface area contributed by atoms with E-state index in [-0.39, 0.29) is 11.8 Å². The molecule has 0 bridgehead atoms. The van der Waals surface area contributed by atoms with Crippen molar-refractivity contribution in [2.24, 2.45) is 12.1 Å². The monoisotopic (exact) mass is 381 g/mol. The molecule has 2 N–H and O–H groups in total. The lowest BCUT2D eigenvalue weighted by Gasteiger charge is -2.07. The van der Waals surface area contributed by atoms with Crippen molar-refractivity contribution in [1.29, 1.82) is 0 Å². The number of rotatable bonds is 5. The van der Waals surface area contributed by atoms with Crippen molar-refractivity contribution in [1.82, 2.24) is 15.2 Å². The molecule has 27 heavy (non-hydrogen) atoms. The summed E-state index contributed by atoms with van der Waals surface area (Å²) in [5.74, 6) is -0.532. The Hall–Kier alpha value is -3.26. The van der Waals surface area contributed by atoms with Crippen LogP contribution in [0.5, 0.6) is 0 Å². The maximum Gasteiger partial charge on any atom is 0.291 e. The highest BCUT2D eigenvalue weighted by molar-refractivity contribution is 7.14. The topological polar surface area (TPSA) is 88.4 Å². The maximum atomic E-state index is 12.3. The molecule has 7 nitrogen and oxygen atoms in total. The Kier molecular flexibility index (Phi) is 5.46. The molecule has 8 heteroatoms. The van der Waals surface area contributed by atoms with Crippen LogP contribution >= 0.6 is 11.3 Å². The van der Waals surface area contributed by atoms with E-state index in [2.05, 4.69) is 20.9 Å². The molecule has 3 rings (SSSR count). The van der Waals surface area contributed by atoms with E-state index < -0.39 is 0 Å². The van der Waals surface area contributed by atoms with Crippen LogP contribution in [-0.2, 0) is 7.05 Å². The average molecular weight is 381 g/mol. The second kappa shape index (κ2) is 7.96. The highest BCUT2D eigenvalue weighted by Gasteiger charge is 2.10. The van der Waals surface area contributed by atoms with Gasteiger partial charge in [0.05, 0.1) is 10.6 Å². The highest BCUT2D eigenvalue weighted by atomic mass is 32.1. The number of carbonyl (C=O) groups is 2. The van der Waals surface area contributed by atoms with Gasteiger partial charge in [-0.3, -0.25) is 14.3 Å². The van der Waals surface area contributed by atoms with Gasteiger partial charge in [-0.25, -0.2) is 5.43 Å². The number of carbonyl (C=O) groups excluding carboxylic acids is 2. The zero-order chi connectivity index (χ0) is 19.4. The Morgan fingerprint density at radius 1 is 1.15 bits per heavy atom. The molecule has 0 fully saturated rings. The summed E-state index contributed by atoms with van der Waals surface area (Å²) >= 11 is 1.45. The van der Waals surface area contributed by atoms with Gasteiger partial charge < -0.3 is 5.32 Å². The predicted octanol–water partition coefficient (Wildman–Crippen LogP) is 3.20. The summed E-state index contributed by atoms with van der Waals surface area (Å²) in [4.78, 5) is 26.0.